The van der Waals surface area contributed by atoms with Crippen LogP contribution < -0.4 is 0 Å². The van der Waals surface area contributed by atoms with Crippen LogP contribution in [0.15, 0.2) is 24.3 Å². The van der Waals surface area contributed by atoms with Crippen LogP contribution in [0.25, 0.3) is 0 Å². The Kier molecular flexibility index (Phi) is 1.80. The summed E-state index contributed by atoms with van der Waals surface area (Å²) in [5, 5.41) is 0. The van der Waals surface area contributed by atoms with Crippen LogP contribution in [0.1, 0.15) is 40.5 Å². The van der Waals surface area contributed by atoms with Gasteiger partial charge in [0.05, 0.1) is 17.6 Å². The molecular weight excluding hydrogens is 228 g/mol. The third-order valence-electron chi connectivity index (χ3n) is 4.84. The summed E-state index contributed by atoms with van der Waals surface area (Å²) in [5.74, 6) is 0.123. The van der Waals surface area contributed by atoms with E-state index in [1.54, 1.807) is 12.1 Å². The maximum Gasteiger partial charge on any atom is 0.173 e. The topological polar surface area (TPSA) is 43.4 Å². The van der Waals surface area contributed by atoms with Gasteiger partial charge in [0, 0.05) is 17.0 Å². The summed E-state index contributed by atoms with van der Waals surface area (Å²) in [6, 6.07) is 7.20. The van der Waals surface area contributed by atoms with Gasteiger partial charge in [0.1, 0.15) is 0 Å². The average molecular weight is 242 g/mol. The molecule has 0 N–H and O–H groups in total. The molecule has 3 heteroatoms. The fourth-order valence-electron chi connectivity index (χ4n) is 4.03. The van der Waals surface area contributed by atoms with Crippen LogP contribution in [0.3, 0.4) is 0 Å². The molecule has 1 spiro atoms. The van der Waals surface area contributed by atoms with Gasteiger partial charge in [-0.3, -0.25) is 9.59 Å². The quantitative estimate of drug-likeness (QED) is 0.700. The molecule has 18 heavy (non-hydrogen) atoms. The first-order valence-electron chi connectivity index (χ1n) is 6.48. The average Bonchev–Trinajstić information content (AvgIpc) is 2.60. The van der Waals surface area contributed by atoms with Crippen molar-refractivity contribution in [2.75, 3.05) is 0 Å². The molecule has 1 saturated carbocycles. The number of Topliss-reactive ketones (excluding diaryl/α,β-unsaturated/α-hetero) is 2. The largest absolute Gasteiger partial charge is 0.374 e. The summed E-state index contributed by atoms with van der Waals surface area (Å²) in [6.07, 6.45) is 1.45. The SMILES string of the molecule is CC1CC23C(=O)c4ccccc4C(=O)C2CC3O1. The molecule has 0 bridgehead atoms. The Balaban J connectivity index is 1.92. The molecule has 92 valence electrons. The van der Waals surface area contributed by atoms with E-state index in [0.717, 1.165) is 0 Å². The van der Waals surface area contributed by atoms with E-state index >= 15 is 0 Å². The van der Waals surface area contributed by atoms with Crippen LogP contribution in [0.2, 0.25) is 0 Å². The fraction of sp³-hybridized carbons (Fsp3) is 0.467. The molecule has 3 nitrogen and oxygen atoms in total. The second-order valence-electron chi connectivity index (χ2n) is 5.71. The van der Waals surface area contributed by atoms with Gasteiger partial charge >= 0.3 is 0 Å². The van der Waals surface area contributed by atoms with Crippen LogP contribution in [-0.2, 0) is 4.74 Å². The summed E-state index contributed by atoms with van der Waals surface area (Å²) in [5.41, 5.74) is 0.669. The van der Waals surface area contributed by atoms with Gasteiger partial charge in [0.2, 0.25) is 0 Å². The molecule has 0 amide bonds. The highest BCUT2D eigenvalue weighted by Crippen LogP contribution is 2.61. The molecule has 4 atom stereocenters. The van der Waals surface area contributed by atoms with Gasteiger partial charge in [0.15, 0.2) is 11.6 Å². The van der Waals surface area contributed by atoms with Crippen molar-refractivity contribution in [2.45, 2.75) is 32.0 Å². The number of benzene rings is 1. The van der Waals surface area contributed by atoms with Crippen molar-refractivity contribution in [1.29, 1.82) is 0 Å². The highest BCUT2D eigenvalue weighted by Gasteiger charge is 2.69. The first kappa shape index (κ1) is 10.4. The highest BCUT2D eigenvalue weighted by molar-refractivity contribution is 6.19. The maximum atomic E-state index is 12.7. The zero-order valence-electron chi connectivity index (χ0n) is 10.2. The summed E-state index contributed by atoms with van der Waals surface area (Å²) in [4.78, 5) is 25.2. The van der Waals surface area contributed by atoms with Gasteiger partial charge in [0.25, 0.3) is 0 Å². The zero-order valence-corrected chi connectivity index (χ0v) is 10.2. The Morgan fingerprint density at radius 2 is 1.94 bits per heavy atom. The number of hydrogen-bond acceptors (Lipinski definition) is 3. The van der Waals surface area contributed by atoms with E-state index in [-0.39, 0.29) is 29.7 Å². The van der Waals surface area contributed by atoms with E-state index < -0.39 is 5.41 Å². The first-order chi connectivity index (χ1) is 8.64. The number of ether oxygens (including phenoxy) is 1. The Hall–Kier alpha value is -1.48. The molecule has 2 fully saturated rings. The Labute approximate surface area is 105 Å². The fourth-order valence-corrected chi connectivity index (χ4v) is 4.03. The number of rotatable bonds is 0. The minimum atomic E-state index is -0.537. The molecule has 1 aromatic carbocycles. The predicted molar refractivity (Wildman–Crippen MR) is 64.6 cm³/mol. The summed E-state index contributed by atoms with van der Waals surface area (Å²) in [6.45, 7) is 1.99. The lowest BCUT2D eigenvalue weighted by molar-refractivity contribution is -0.0653. The number of hydrogen-bond donors (Lipinski definition) is 0. The van der Waals surface area contributed by atoms with Gasteiger partial charge in [-0.2, -0.15) is 0 Å². The van der Waals surface area contributed by atoms with Gasteiger partial charge in [-0.05, 0) is 19.8 Å². The minimum Gasteiger partial charge on any atom is -0.374 e. The number of carbonyl (C=O) groups is 2. The molecule has 1 aliphatic heterocycles. The van der Waals surface area contributed by atoms with Gasteiger partial charge in [-0.15, -0.1) is 0 Å². The standard InChI is InChI=1S/C15H14O3/c1-8-7-15-11(6-12(15)18-8)13(16)9-4-2-3-5-10(9)14(15)17/h2-5,8,11-12H,6-7H2,1H3. The van der Waals surface area contributed by atoms with E-state index in [1.807, 2.05) is 19.1 Å². The number of carbonyl (C=O) groups excluding carboxylic acids is 2. The van der Waals surface area contributed by atoms with Crippen molar-refractivity contribution in [1.82, 2.24) is 0 Å². The van der Waals surface area contributed by atoms with E-state index in [2.05, 4.69) is 0 Å². The molecule has 1 saturated heterocycles. The van der Waals surface area contributed by atoms with Crippen molar-refractivity contribution >= 4 is 11.6 Å². The molecular formula is C15H14O3. The highest BCUT2D eigenvalue weighted by atomic mass is 16.5. The number of fused-ring (bicyclic) bond motifs is 1. The maximum absolute atomic E-state index is 12.7. The van der Waals surface area contributed by atoms with E-state index in [1.165, 1.54) is 0 Å². The normalized spacial score (nSPS) is 40.8. The predicted octanol–water partition coefficient (Wildman–Crippen LogP) is 2.25. The Morgan fingerprint density at radius 3 is 2.67 bits per heavy atom. The lowest BCUT2D eigenvalue weighted by atomic mass is 9.49. The van der Waals surface area contributed by atoms with Crippen molar-refractivity contribution in [2.24, 2.45) is 11.3 Å². The molecule has 2 aliphatic carbocycles. The van der Waals surface area contributed by atoms with Crippen LogP contribution in [0, 0.1) is 11.3 Å². The van der Waals surface area contributed by atoms with Crippen molar-refractivity contribution in [3.63, 3.8) is 0 Å². The first-order valence-corrected chi connectivity index (χ1v) is 6.48. The van der Waals surface area contributed by atoms with E-state index in [0.29, 0.717) is 24.0 Å². The monoisotopic (exact) mass is 242 g/mol. The molecule has 1 heterocycles. The second-order valence-corrected chi connectivity index (χ2v) is 5.71. The molecule has 0 aromatic heterocycles. The van der Waals surface area contributed by atoms with Gasteiger partial charge < -0.3 is 4.74 Å². The lowest BCUT2D eigenvalue weighted by Gasteiger charge is -2.51. The summed E-state index contributed by atoms with van der Waals surface area (Å²) < 4.78 is 5.78. The van der Waals surface area contributed by atoms with E-state index in [4.69, 9.17) is 4.74 Å². The third kappa shape index (κ3) is 0.962. The van der Waals surface area contributed by atoms with Crippen molar-refractivity contribution < 1.29 is 14.3 Å². The molecule has 1 aromatic rings. The molecule has 4 rings (SSSR count). The van der Waals surface area contributed by atoms with Crippen molar-refractivity contribution in [3.8, 4) is 0 Å². The van der Waals surface area contributed by atoms with Gasteiger partial charge in [-0.1, -0.05) is 24.3 Å². The number of ketones is 2. The lowest BCUT2D eigenvalue weighted by Crippen LogP contribution is -2.61. The molecule has 4 unspecified atom stereocenters. The van der Waals surface area contributed by atoms with Crippen molar-refractivity contribution in [3.05, 3.63) is 35.4 Å². The summed E-state index contributed by atoms with van der Waals surface area (Å²) in [7, 11) is 0. The summed E-state index contributed by atoms with van der Waals surface area (Å²) >= 11 is 0. The van der Waals surface area contributed by atoms with Gasteiger partial charge in [-0.25, -0.2) is 0 Å². The van der Waals surface area contributed by atoms with E-state index in [9.17, 15) is 9.59 Å². The Morgan fingerprint density at radius 1 is 1.22 bits per heavy atom. The van der Waals surface area contributed by atoms with Crippen LogP contribution in [0.4, 0.5) is 0 Å². The minimum absolute atomic E-state index is 0.0395. The second kappa shape index (κ2) is 3.09. The molecule has 3 aliphatic rings. The molecule has 0 radical (unpaired) electrons. The zero-order chi connectivity index (χ0) is 12.5. The van der Waals surface area contributed by atoms with Crippen LogP contribution >= 0.6 is 0 Å². The third-order valence-corrected chi connectivity index (χ3v) is 4.84. The van der Waals surface area contributed by atoms with Crippen LogP contribution in [-0.4, -0.2) is 23.8 Å². The smallest absolute Gasteiger partial charge is 0.173 e. The van der Waals surface area contributed by atoms with Crippen LogP contribution in [0.5, 0.6) is 0 Å². The Bertz CT molecular complexity index is 577.